The SMILES string of the molecule is CC(C)(C)OC(=O)N[C@H](C(=O)N1CC(ONc2ccccc2NN)C[C@H]1C(N)=O)C(C)(C)C. The monoisotopic (exact) mass is 464 g/mol. The van der Waals surface area contributed by atoms with Crippen LogP contribution in [0, 0.1) is 5.41 Å². The highest BCUT2D eigenvalue weighted by Crippen LogP contribution is 2.28. The predicted molar refractivity (Wildman–Crippen MR) is 125 cm³/mol. The van der Waals surface area contributed by atoms with Crippen molar-refractivity contribution in [1.29, 1.82) is 0 Å². The van der Waals surface area contributed by atoms with E-state index in [1.807, 2.05) is 26.8 Å². The predicted octanol–water partition coefficient (Wildman–Crippen LogP) is 1.71. The fourth-order valence-electron chi connectivity index (χ4n) is 3.48. The first-order valence-corrected chi connectivity index (χ1v) is 10.8. The van der Waals surface area contributed by atoms with E-state index in [2.05, 4.69) is 16.2 Å². The minimum Gasteiger partial charge on any atom is -0.444 e. The molecule has 1 heterocycles. The van der Waals surface area contributed by atoms with Gasteiger partial charge in [-0.25, -0.2) is 4.79 Å². The van der Waals surface area contributed by atoms with Crippen LogP contribution in [0.4, 0.5) is 16.2 Å². The molecule has 2 rings (SSSR count). The van der Waals surface area contributed by atoms with E-state index in [0.717, 1.165) is 0 Å². The van der Waals surface area contributed by atoms with Crippen LogP contribution in [0.15, 0.2) is 24.3 Å². The Morgan fingerprint density at radius 1 is 1.09 bits per heavy atom. The van der Waals surface area contributed by atoms with Gasteiger partial charge in [0.1, 0.15) is 23.8 Å². The quantitative estimate of drug-likeness (QED) is 0.301. The molecule has 3 amide bonds. The summed E-state index contributed by atoms with van der Waals surface area (Å²) < 4.78 is 5.32. The second-order valence-electron chi connectivity index (χ2n) is 10.1. The fourth-order valence-corrected chi connectivity index (χ4v) is 3.48. The molecule has 1 fully saturated rings. The zero-order chi connectivity index (χ0) is 25.0. The number of hydrazine groups is 1. The van der Waals surface area contributed by atoms with Crippen molar-refractivity contribution in [2.24, 2.45) is 17.0 Å². The molecule has 1 unspecified atom stereocenters. The molecule has 3 atom stereocenters. The molecule has 11 heteroatoms. The molecule has 0 aliphatic carbocycles. The van der Waals surface area contributed by atoms with E-state index in [-0.39, 0.29) is 13.0 Å². The van der Waals surface area contributed by atoms with Gasteiger partial charge in [-0.2, -0.15) is 0 Å². The minimum absolute atomic E-state index is 0.111. The van der Waals surface area contributed by atoms with Gasteiger partial charge >= 0.3 is 6.09 Å². The summed E-state index contributed by atoms with van der Waals surface area (Å²) in [5.74, 6) is 4.42. The molecule has 1 aromatic carbocycles. The van der Waals surface area contributed by atoms with Gasteiger partial charge in [0.2, 0.25) is 11.8 Å². The normalized spacial score (nSPS) is 19.5. The number of nitrogens with zero attached hydrogens (tertiary/aromatic N) is 1. The molecule has 33 heavy (non-hydrogen) atoms. The van der Waals surface area contributed by atoms with Gasteiger partial charge in [-0.15, -0.1) is 0 Å². The highest BCUT2D eigenvalue weighted by Gasteiger charge is 2.45. The third-order valence-corrected chi connectivity index (χ3v) is 5.07. The molecule has 1 aromatic rings. The van der Waals surface area contributed by atoms with Gasteiger partial charge in [0.05, 0.1) is 17.9 Å². The number of rotatable bonds is 7. The number of ether oxygens (including phenoxy) is 1. The number of nitrogens with one attached hydrogen (secondary N) is 3. The summed E-state index contributed by atoms with van der Waals surface area (Å²) in [5.41, 5.74) is 10.8. The van der Waals surface area contributed by atoms with Crippen molar-refractivity contribution in [3.63, 3.8) is 0 Å². The maximum Gasteiger partial charge on any atom is 0.408 e. The molecule has 11 nitrogen and oxygen atoms in total. The third kappa shape index (κ3) is 7.22. The Hall–Kier alpha value is -3.05. The highest BCUT2D eigenvalue weighted by molar-refractivity contribution is 5.92. The summed E-state index contributed by atoms with van der Waals surface area (Å²) >= 11 is 0. The van der Waals surface area contributed by atoms with E-state index in [1.165, 1.54) is 4.90 Å². The van der Waals surface area contributed by atoms with Crippen LogP contribution in [0.3, 0.4) is 0 Å². The van der Waals surface area contributed by atoms with Gasteiger partial charge < -0.3 is 26.1 Å². The van der Waals surface area contributed by atoms with Crippen LogP contribution in [0.1, 0.15) is 48.0 Å². The number of nitrogens with two attached hydrogens (primary N) is 2. The molecule has 1 saturated heterocycles. The number of likely N-dealkylation sites (tertiary alicyclic amines) is 1. The molecular formula is C22H36N6O5. The molecule has 1 aliphatic rings. The zero-order valence-electron chi connectivity index (χ0n) is 20.1. The van der Waals surface area contributed by atoms with E-state index in [0.29, 0.717) is 11.4 Å². The van der Waals surface area contributed by atoms with Gasteiger partial charge in [-0.1, -0.05) is 32.9 Å². The Bertz CT molecular complexity index is 864. The Kier molecular flexibility index (Phi) is 8.15. The van der Waals surface area contributed by atoms with Crippen LogP contribution in [-0.4, -0.2) is 53.1 Å². The minimum atomic E-state index is -0.942. The largest absolute Gasteiger partial charge is 0.444 e. The first-order valence-electron chi connectivity index (χ1n) is 10.8. The van der Waals surface area contributed by atoms with Crippen molar-refractivity contribution in [2.45, 2.75) is 71.8 Å². The van der Waals surface area contributed by atoms with Gasteiger partial charge in [0.25, 0.3) is 0 Å². The topological polar surface area (TPSA) is 161 Å². The Labute approximate surface area is 194 Å². The summed E-state index contributed by atoms with van der Waals surface area (Å²) in [6.45, 7) is 10.8. The number of amides is 3. The lowest BCUT2D eigenvalue weighted by atomic mass is 9.85. The molecule has 0 spiro atoms. The molecule has 0 bridgehead atoms. The van der Waals surface area contributed by atoms with Crippen molar-refractivity contribution >= 4 is 29.3 Å². The van der Waals surface area contributed by atoms with Crippen LogP contribution in [-0.2, 0) is 19.2 Å². The number of nitrogen functional groups attached to an aromatic ring is 1. The standard InChI is InChI=1S/C22H36N6O5/c1-21(2,3)17(25-20(31)32-22(4,5)6)19(30)28-12-13(11-16(28)18(23)29)33-27-15-10-8-7-9-14(15)26-24/h7-10,13,16-17,26-27H,11-12,24H2,1-6H3,(H2,23,29)(H,25,31)/t13?,16-,17+/m0/s1. The van der Waals surface area contributed by atoms with Crippen molar-refractivity contribution in [3.8, 4) is 0 Å². The number of primary amides is 1. The summed E-state index contributed by atoms with van der Waals surface area (Å²) in [4.78, 5) is 45.1. The van der Waals surface area contributed by atoms with Gasteiger partial charge in [0.15, 0.2) is 0 Å². The highest BCUT2D eigenvalue weighted by atomic mass is 16.7. The molecule has 184 valence electrons. The first-order chi connectivity index (χ1) is 15.2. The van der Waals surface area contributed by atoms with Gasteiger partial charge in [0, 0.05) is 6.42 Å². The zero-order valence-corrected chi connectivity index (χ0v) is 20.1. The summed E-state index contributed by atoms with van der Waals surface area (Å²) in [6, 6.07) is 5.32. The maximum absolute atomic E-state index is 13.5. The number of carbonyl (C=O) groups excluding carboxylic acids is 3. The average molecular weight is 465 g/mol. The molecule has 0 aromatic heterocycles. The van der Waals surface area contributed by atoms with E-state index in [1.54, 1.807) is 39.0 Å². The lowest BCUT2D eigenvalue weighted by Gasteiger charge is -2.35. The third-order valence-electron chi connectivity index (χ3n) is 5.07. The van der Waals surface area contributed by atoms with E-state index in [9.17, 15) is 14.4 Å². The van der Waals surface area contributed by atoms with Crippen LogP contribution < -0.4 is 27.8 Å². The molecule has 7 N–H and O–H groups in total. The van der Waals surface area contributed by atoms with Gasteiger partial charge in [-0.3, -0.25) is 25.7 Å². The number of alkyl carbamates (subject to hydrolysis) is 1. The summed E-state index contributed by atoms with van der Waals surface area (Å²) in [7, 11) is 0. The second kappa shape index (κ2) is 10.3. The number of hydrogen-bond donors (Lipinski definition) is 5. The average Bonchev–Trinajstić information content (AvgIpc) is 3.13. The molecule has 1 aliphatic heterocycles. The lowest BCUT2D eigenvalue weighted by molar-refractivity contribution is -0.141. The summed E-state index contributed by atoms with van der Waals surface area (Å²) in [6.07, 6.45) is -1.03. The fraction of sp³-hybridized carbons (Fsp3) is 0.591. The van der Waals surface area contributed by atoms with Crippen molar-refractivity contribution in [1.82, 2.24) is 10.2 Å². The van der Waals surface area contributed by atoms with E-state index >= 15 is 0 Å². The maximum atomic E-state index is 13.5. The van der Waals surface area contributed by atoms with Crippen molar-refractivity contribution in [2.75, 3.05) is 17.5 Å². The number of carbonyl (C=O) groups is 3. The van der Waals surface area contributed by atoms with Crippen LogP contribution in [0.2, 0.25) is 0 Å². The number of para-hydroxylation sites is 2. The lowest BCUT2D eigenvalue weighted by Crippen LogP contribution is -2.57. The molecular weight excluding hydrogens is 428 g/mol. The Morgan fingerprint density at radius 3 is 2.21 bits per heavy atom. The smallest absolute Gasteiger partial charge is 0.408 e. The van der Waals surface area contributed by atoms with Crippen LogP contribution in [0.5, 0.6) is 0 Å². The number of anilines is 2. The van der Waals surface area contributed by atoms with E-state index < -0.39 is 47.1 Å². The Balaban J connectivity index is 2.16. The first kappa shape index (κ1) is 26.2. The summed E-state index contributed by atoms with van der Waals surface area (Å²) in [5, 5.41) is 2.65. The molecule has 0 saturated carbocycles. The van der Waals surface area contributed by atoms with Crippen molar-refractivity contribution in [3.05, 3.63) is 24.3 Å². The van der Waals surface area contributed by atoms with Crippen LogP contribution >= 0.6 is 0 Å². The Morgan fingerprint density at radius 2 is 1.70 bits per heavy atom. The number of benzene rings is 1. The number of hydrogen-bond acceptors (Lipinski definition) is 8. The van der Waals surface area contributed by atoms with Crippen molar-refractivity contribution < 1.29 is 24.0 Å². The molecule has 0 radical (unpaired) electrons. The van der Waals surface area contributed by atoms with E-state index in [4.69, 9.17) is 21.2 Å². The second-order valence-corrected chi connectivity index (χ2v) is 10.1. The van der Waals surface area contributed by atoms with Crippen LogP contribution in [0.25, 0.3) is 0 Å². The van der Waals surface area contributed by atoms with Gasteiger partial charge in [-0.05, 0) is 38.3 Å².